The minimum atomic E-state index is -1.92. The minimum Gasteiger partial charge on any atom is -0.391 e. The summed E-state index contributed by atoms with van der Waals surface area (Å²) in [4.78, 5) is 44.4. The first-order chi connectivity index (χ1) is 7.75. The summed E-state index contributed by atoms with van der Waals surface area (Å²) in [6.45, 7) is 0. The van der Waals surface area contributed by atoms with Crippen LogP contribution in [0.5, 0.6) is 0 Å². The van der Waals surface area contributed by atoms with Crippen LogP contribution in [0.15, 0.2) is 0 Å². The molecule has 0 bridgehead atoms. The quantitative estimate of drug-likeness (QED) is 0.259. The van der Waals surface area contributed by atoms with Crippen LogP contribution in [-0.2, 0) is 28.7 Å². The number of carbonyl (C=O) groups is 4. The second kappa shape index (κ2) is 3.32. The number of ether oxygens (including phenoxy) is 2. The first-order valence-corrected chi connectivity index (χ1v) is 4.62. The molecule has 0 spiro atoms. The van der Waals surface area contributed by atoms with Crippen LogP contribution < -0.4 is 16.8 Å². The molecule has 0 aliphatic carbocycles. The molecule has 0 aromatic heterocycles. The summed E-state index contributed by atoms with van der Waals surface area (Å²) in [6, 6.07) is 0. The summed E-state index contributed by atoms with van der Waals surface area (Å²) in [5.74, 6) is -3.79. The fourth-order valence-electron chi connectivity index (χ4n) is 1.65. The van der Waals surface area contributed by atoms with Crippen molar-refractivity contribution in [3.05, 3.63) is 0 Å². The fraction of sp³-hybridized carbons (Fsp3) is 0.500. The molecule has 2 atom stereocenters. The predicted octanol–water partition coefficient (Wildman–Crippen LogP) is -3.17. The lowest BCUT2D eigenvalue weighted by Gasteiger charge is -2.28. The van der Waals surface area contributed by atoms with Gasteiger partial charge in [0, 0.05) is 0 Å². The van der Waals surface area contributed by atoms with Crippen LogP contribution in [0.2, 0.25) is 0 Å². The van der Waals surface area contributed by atoms with E-state index in [4.69, 9.17) is 11.5 Å². The van der Waals surface area contributed by atoms with E-state index in [0.717, 1.165) is 0 Å². The van der Waals surface area contributed by atoms with Crippen molar-refractivity contribution in [3.8, 4) is 0 Å². The fourth-order valence-corrected chi connectivity index (χ4v) is 1.65. The van der Waals surface area contributed by atoms with Crippen LogP contribution in [-0.4, -0.2) is 35.2 Å². The zero-order valence-corrected chi connectivity index (χ0v) is 8.52. The van der Waals surface area contributed by atoms with Crippen molar-refractivity contribution < 1.29 is 28.7 Å². The van der Waals surface area contributed by atoms with Gasteiger partial charge in [0.1, 0.15) is 0 Å². The molecule has 2 heterocycles. The molecule has 0 amide bonds. The number of nitrogens with two attached hydrogens (primary N) is 2. The van der Waals surface area contributed by atoms with Gasteiger partial charge in [-0.3, -0.25) is 14.9 Å². The molecule has 0 aromatic carbocycles. The standard InChI is InChI=1S/C8H9N3O6/c9-7(1-3(12)16-5(7)14)11-8(10)2-4(13)17-6(8)15/h11H,1-2,9-10H2. The third-order valence-corrected chi connectivity index (χ3v) is 2.43. The molecule has 2 aliphatic rings. The van der Waals surface area contributed by atoms with Gasteiger partial charge in [-0.1, -0.05) is 0 Å². The SMILES string of the molecule is NC1(NC2(N)CC(=O)OC2=O)CC(=O)OC1=O. The number of hydrogen-bond acceptors (Lipinski definition) is 9. The second-order valence-electron chi connectivity index (χ2n) is 3.94. The molecule has 9 nitrogen and oxygen atoms in total. The Morgan fingerprint density at radius 3 is 1.47 bits per heavy atom. The molecule has 9 heteroatoms. The van der Waals surface area contributed by atoms with Crippen molar-refractivity contribution in [2.45, 2.75) is 24.2 Å². The lowest BCUT2D eigenvalue weighted by atomic mass is 10.0. The summed E-state index contributed by atoms with van der Waals surface area (Å²) >= 11 is 0. The van der Waals surface area contributed by atoms with Gasteiger partial charge >= 0.3 is 23.9 Å². The normalized spacial score (nSPS) is 37.3. The van der Waals surface area contributed by atoms with Crippen LogP contribution in [0.3, 0.4) is 0 Å². The summed E-state index contributed by atoms with van der Waals surface area (Å²) in [5.41, 5.74) is 7.28. The molecular weight excluding hydrogens is 234 g/mol. The molecule has 2 fully saturated rings. The monoisotopic (exact) mass is 243 g/mol. The van der Waals surface area contributed by atoms with E-state index in [2.05, 4.69) is 14.8 Å². The van der Waals surface area contributed by atoms with Crippen molar-refractivity contribution in [3.63, 3.8) is 0 Å². The van der Waals surface area contributed by atoms with Gasteiger partial charge in [0.2, 0.25) is 0 Å². The summed E-state index contributed by atoms with van der Waals surface area (Å²) < 4.78 is 8.47. The molecule has 2 saturated heterocycles. The Labute approximate surface area is 94.4 Å². The molecular formula is C8H9N3O6. The number of nitrogens with one attached hydrogen (secondary N) is 1. The Morgan fingerprint density at radius 1 is 0.882 bits per heavy atom. The third-order valence-electron chi connectivity index (χ3n) is 2.43. The van der Waals surface area contributed by atoms with Crippen LogP contribution in [0.4, 0.5) is 0 Å². The Kier molecular flexibility index (Phi) is 2.28. The number of carbonyl (C=O) groups excluding carboxylic acids is 4. The lowest BCUT2D eigenvalue weighted by molar-refractivity contribution is -0.154. The molecule has 2 rings (SSSR count). The van der Waals surface area contributed by atoms with Gasteiger partial charge in [0.05, 0.1) is 12.8 Å². The van der Waals surface area contributed by atoms with Crippen molar-refractivity contribution in [2.24, 2.45) is 11.5 Å². The average Bonchev–Trinajstić information content (AvgIpc) is 2.51. The number of hydrogen-bond donors (Lipinski definition) is 3. The highest BCUT2D eigenvalue weighted by molar-refractivity contribution is 6.03. The van der Waals surface area contributed by atoms with Crippen LogP contribution in [0.25, 0.3) is 0 Å². The molecule has 0 aromatic rings. The number of esters is 4. The molecule has 5 N–H and O–H groups in total. The number of cyclic esters (lactones) is 4. The first-order valence-electron chi connectivity index (χ1n) is 4.62. The molecule has 2 aliphatic heterocycles. The smallest absolute Gasteiger partial charge is 0.349 e. The van der Waals surface area contributed by atoms with Crippen LogP contribution in [0.1, 0.15) is 12.8 Å². The van der Waals surface area contributed by atoms with Crippen molar-refractivity contribution in [1.82, 2.24) is 5.32 Å². The Bertz CT molecular complexity index is 409. The highest BCUT2D eigenvalue weighted by atomic mass is 16.6. The van der Waals surface area contributed by atoms with Gasteiger partial charge in [-0.15, -0.1) is 0 Å². The van der Waals surface area contributed by atoms with E-state index in [1.165, 1.54) is 0 Å². The molecule has 92 valence electrons. The summed E-state index contributed by atoms with van der Waals surface area (Å²) in [7, 11) is 0. The van der Waals surface area contributed by atoms with Crippen LogP contribution in [0, 0.1) is 0 Å². The third kappa shape index (κ3) is 1.79. The minimum absolute atomic E-state index is 0.480. The predicted molar refractivity (Wildman–Crippen MR) is 48.4 cm³/mol. The highest BCUT2D eigenvalue weighted by Gasteiger charge is 2.56. The number of rotatable bonds is 2. The molecule has 17 heavy (non-hydrogen) atoms. The molecule has 0 saturated carbocycles. The Hall–Kier alpha value is -1.84. The van der Waals surface area contributed by atoms with Crippen molar-refractivity contribution >= 4 is 23.9 Å². The largest absolute Gasteiger partial charge is 0.391 e. The Balaban J connectivity index is 2.21. The van der Waals surface area contributed by atoms with Gasteiger partial charge in [0.15, 0.2) is 11.3 Å². The van der Waals surface area contributed by atoms with E-state index in [1.54, 1.807) is 0 Å². The highest BCUT2D eigenvalue weighted by Crippen LogP contribution is 2.23. The summed E-state index contributed by atoms with van der Waals surface area (Å²) in [6.07, 6.45) is -0.960. The van der Waals surface area contributed by atoms with Gasteiger partial charge in [0.25, 0.3) is 0 Å². The average molecular weight is 243 g/mol. The van der Waals surface area contributed by atoms with Gasteiger partial charge < -0.3 is 20.9 Å². The maximum absolute atomic E-state index is 11.3. The van der Waals surface area contributed by atoms with Gasteiger partial charge in [-0.25, -0.2) is 9.59 Å². The van der Waals surface area contributed by atoms with Crippen molar-refractivity contribution in [2.75, 3.05) is 0 Å². The second-order valence-corrected chi connectivity index (χ2v) is 3.94. The zero-order chi connectivity index (χ0) is 12.8. The van der Waals surface area contributed by atoms with Gasteiger partial charge in [-0.2, -0.15) is 0 Å². The topological polar surface area (TPSA) is 151 Å². The molecule has 2 unspecified atom stereocenters. The first kappa shape index (κ1) is 11.6. The maximum Gasteiger partial charge on any atom is 0.349 e. The molecule has 0 radical (unpaired) electrons. The van der Waals surface area contributed by atoms with E-state index < -0.39 is 48.0 Å². The van der Waals surface area contributed by atoms with E-state index >= 15 is 0 Å². The maximum atomic E-state index is 11.3. The lowest BCUT2D eigenvalue weighted by Crippen LogP contribution is -2.70. The summed E-state index contributed by atoms with van der Waals surface area (Å²) in [5, 5.41) is 2.26. The van der Waals surface area contributed by atoms with Gasteiger partial charge in [-0.05, 0) is 0 Å². The van der Waals surface area contributed by atoms with E-state index in [9.17, 15) is 19.2 Å². The van der Waals surface area contributed by atoms with Crippen LogP contribution >= 0.6 is 0 Å². The van der Waals surface area contributed by atoms with E-state index in [1.807, 2.05) is 0 Å². The zero-order valence-electron chi connectivity index (χ0n) is 8.52. The van der Waals surface area contributed by atoms with E-state index in [0.29, 0.717) is 0 Å². The Morgan fingerprint density at radius 2 is 1.24 bits per heavy atom. The van der Waals surface area contributed by atoms with Crippen molar-refractivity contribution in [1.29, 1.82) is 0 Å². The van der Waals surface area contributed by atoms with E-state index in [-0.39, 0.29) is 0 Å².